The third kappa shape index (κ3) is 7.85. The summed E-state index contributed by atoms with van der Waals surface area (Å²) < 4.78 is 5.00. The Hall–Kier alpha value is -1.06. The fourth-order valence-corrected chi connectivity index (χ4v) is 1.62. The molecule has 1 amide bonds. The molecule has 1 aliphatic heterocycles. The fourth-order valence-electron chi connectivity index (χ4n) is 1.38. The summed E-state index contributed by atoms with van der Waals surface area (Å²) in [6.45, 7) is 10.9. The fraction of sp³-hybridized carbons (Fsp3) is 0.533. The van der Waals surface area contributed by atoms with Crippen LogP contribution in [0.3, 0.4) is 0 Å². The van der Waals surface area contributed by atoms with E-state index in [-0.39, 0.29) is 0 Å². The van der Waals surface area contributed by atoms with Crippen molar-refractivity contribution in [3.8, 4) is 0 Å². The lowest BCUT2D eigenvalue weighted by Crippen LogP contribution is -2.34. The molecule has 1 saturated heterocycles. The Labute approximate surface area is 121 Å². The second-order valence-electron chi connectivity index (χ2n) is 4.01. The topological polar surface area (TPSA) is 29.5 Å². The highest BCUT2D eigenvalue weighted by Crippen LogP contribution is 2.15. The minimum Gasteiger partial charge on any atom is -0.378 e. The molecule has 0 saturated carbocycles. The van der Waals surface area contributed by atoms with Crippen molar-refractivity contribution in [2.45, 2.75) is 27.7 Å². The van der Waals surface area contributed by atoms with E-state index in [1.807, 2.05) is 39.8 Å². The number of hydrogen-bond acceptors (Lipinski definition) is 2. The maximum Gasteiger partial charge on any atom is 0.209 e. The molecule has 0 aliphatic carbocycles. The molecule has 19 heavy (non-hydrogen) atoms. The van der Waals surface area contributed by atoms with Gasteiger partial charge in [0.05, 0.1) is 13.2 Å². The maximum atomic E-state index is 10.0. The van der Waals surface area contributed by atoms with Gasteiger partial charge in [-0.25, -0.2) is 0 Å². The van der Waals surface area contributed by atoms with Crippen LogP contribution in [0.25, 0.3) is 0 Å². The van der Waals surface area contributed by atoms with Crippen molar-refractivity contribution in [2.24, 2.45) is 0 Å². The maximum absolute atomic E-state index is 10.0. The van der Waals surface area contributed by atoms with Gasteiger partial charge in [0, 0.05) is 18.1 Å². The van der Waals surface area contributed by atoms with Gasteiger partial charge < -0.3 is 9.64 Å². The Balaban J connectivity index is 0.000000303. The number of amides is 1. The molecule has 0 aromatic heterocycles. The van der Waals surface area contributed by atoms with Crippen molar-refractivity contribution >= 4 is 18.0 Å². The van der Waals surface area contributed by atoms with Gasteiger partial charge in [-0.15, -0.1) is 0 Å². The predicted octanol–water partition coefficient (Wildman–Crippen LogP) is 3.46. The number of carbonyl (C=O) groups is 1. The van der Waals surface area contributed by atoms with Crippen LogP contribution < -0.4 is 0 Å². The first kappa shape index (κ1) is 17.9. The highest BCUT2D eigenvalue weighted by Gasteiger charge is 2.05. The average Bonchev–Trinajstić information content (AvgIpc) is 2.47. The standard InChI is InChI=1S/C8H9Cl.C5H9NO2.C2H6/c1-6-3-4-7(2)8(9)5-6;7-5-6-1-3-8-4-2-6;1-2/h3-5H,1-2H3;5H,1-4H2;1-2H3. The number of benzene rings is 1. The summed E-state index contributed by atoms with van der Waals surface area (Å²) in [6, 6.07) is 6.05. The molecule has 3 nitrogen and oxygen atoms in total. The number of aryl methyl sites for hydroxylation is 2. The second-order valence-corrected chi connectivity index (χ2v) is 4.41. The first-order valence-electron chi connectivity index (χ1n) is 6.63. The average molecular weight is 286 g/mol. The third-order valence-electron chi connectivity index (χ3n) is 2.52. The van der Waals surface area contributed by atoms with E-state index in [4.69, 9.17) is 16.3 Å². The van der Waals surface area contributed by atoms with Gasteiger partial charge >= 0.3 is 0 Å². The summed E-state index contributed by atoms with van der Waals surface area (Å²) >= 11 is 5.81. The van der Waals surface area contributed by atoms with E-state index in [2.05, 4.69) is 6.07 Å². The lowest BCUT2D eigenvalue weighted by molar-refractivity contribution is -0.121. The van der Waals surface area contributed by atoms with Crippen LogP contribution in [0.15, 0.2) is 18.2 Å². The molecular formula is C15H24ClNO2. The molecule has 0 atom stereocenters. The number of nitrogens with zero attached hydrogens (tertiary/aromatic N) is 1. The van der Waals surface area contributed by atoms with Crippen LogP contribution in [0.1, 0.15) is 25.0 Å². The molecule has 0 spiro atoms. The number of hydrogen-bond donors (Lipinski definition) is 0. The van der Waals surface area contributed by atoms with Gasteiger partial charge in [0.1, 0.15) is 0 Å². The molecule has 1 aromatic carbocycles. The smallest absolute Gasteiger partial charge is 0.209 e. The SMILES string of the molecule is CC.Cc1ccc(C)c(Cl)c1.O=CN1CCOCC1. The molecule has 0 bridgehead atoms. The summed E-state index contributed by atoms with van der Waals surface area (Å²) in [4.78, 5) is 11.7. The molecule has 1 aliphatic rings. The molecule has 4 heteroatoms. The minimum absolute atomic E-state index is 0.693. The Kier molecular flexibility index (Phi) is 10.2. The van der Waals surface area contributed by atoms with Gasteiger partial charge in [-0.05, 0) is 31.0 Å². The largest absolute Gasteiger partial charge is 0.378 e. The molecular weight excluding hydrogens is 262 g/mol. The molecule has 2 rings (SSSR count). The van der Waals surface area contributed by atoms with Crippen LogP contribution in [0, 0.1) is 13.8 Å². The lowest BCUT2D eigenvalue weighted by atomic mass is 10.2. The molecule has 0 unspecified atom stereocenters. The van der Waals surface area contributed by atoms with Gasteiger partial charge in [0.2, 0.25) is 6.41 Å². The summed E-state index contributed by atoms with van der Waals surface area (Å²) in [6.07, 6.45) is 0.864. The quantitative estimate of drug-likeness (QED) is 0.740. The zero-order chi connectivity index (χ0) is 14.7. The van der Waals surface area contributed by atoms with Crippen LogP contribution in [0.4, 0.5) is 0 Å². The summed E-state index contributed by atoms with van der Waals surface area (Å²) in [5.74, 6) is 0. The molecule has 1 aromatic rings. The van der Waals surface area contributed by atoms with Gasteiger partial charge in [-0.1, -0.05) is 37.6 Å². The van der Waals surface area contributed by atoms with E-state index in [1.165, 1.54) is 5.56 Å². The molecule has 1 heterocycles. The normalized spacial score (nSPS) is 13.6. The van der Waals surface area contributed by atoms with Crippen LogP contribution in [0.5, 0.6) is 0 Å². The summed E-state index contributed by atoms with van der Waals surface area (Å²) in [7, 11) is 0. The predicted molar refractivity (Wildman–Crippen MR) is 80.7 cm³/mol. The van der Waals surface area contributed by atoms with Crippen LogP contribution in [0.2, 0.25) is 5.02 Å². The second kappa shape index (κ2) is 10.8. The van der Waals surface area contributed by atoms with Gasteiger partial charge in [-0.3, -0.25) is 4.79 Å². The number of rotatable bonds is 1. The van der Waals surface area contributed by atoms with Crippen molar-refractivity contribution in [1.82, 2.24) is 4.90 Å². The van der Waals surface area contributed by atoms with Crippen LogP contribution in [-0.2, 0) is 9.53 Å². The number of morpholine rings is 1. The summed E-state index contributed by atoms with van der Waals surface area (Å²) in [5, 5.41) is 0.856. The zero-order valence-electron chi connectivity index (χ0n) is 12.3. The first-order valence-corrected chi connectivity index (χ1v) is 7.01. The van der Waals surface area contributed by atoms with E-state index in [0.29, 0.717) is 13.2 Å². The highest BCUT2D eigenvalue weighted by molar-refractivity contribution is 6.31. The zero-order valence-corrected chi connectivity index (χ0v) is 13.0. The lowest BCUT2D eigenvalue weighted by Gasteiger charge is -2.21. The van der Waals surface area contributed by atoms with Crippen LogP contribution in [-0.4, -0.2) is 37.6 Å². The Morgan fingerprint density at radius 2 is 1.79 bits per heavy atom. The van der Waals surface area contributed by atoms with Gasteiger partial charge in [-0.2, -0.15) is 0 Å². The van der Waals surface area contributed by atoms with Crippen molar-refractivity contribution < 1.29 is 9.53 Å². The first-order chi connectivity index (χ1) is 9.13. The Morgan fingerprint density at radius 1 is 1.21 bits per heavy atom. The minimum atomic E-state index is 0.693. The molecule has 0 N–H and O–H groups in total. The molecule has 1 fully saturated rings. The van der Waals surface area contributed by atoms with E-state index in [9.17, 15) is 4.79 Å². The third-order valence-corrected chi connectivity index (χ3v) is 2.93. The highest BCUT2D eigenvalue weighted by atomic mass is 35.5. The monoisotopic (exact) mass is 285 g/mol. The van der Waals surface area contributed by atoms with Crippen molar-refractivity contribution in [2.75, 3.05) is 26.3 Å². The number of halogens is 1. The van der Waals surface area contributed by atoms with E-state index >= 15 is 0 Å². The van der Waals surface area contributed by atoms with Gasteiger partial charge in [0.15, 0.2) is 0 Å². The molecule has 108 valence electrons. The molecule has 0 radical (unpaired) electrons. The Morgan fingerprint density at radius 3 is 2.16 bits per heavy atom. The summed E-state index contributed by atoms with van der Waals surface area (Å²) in [5.41, 5.74) is 2.35. The number of carbonyl (C=O) groups excluding carboxylic acids is 1. The van der Waals surface area contributed by atoms with Crippen molar-refractivity contribution in [3.05, 3.63) is 34.3 Å². The van der Waals surface area contributed by atoms with Crippen molar-refractivity contribution in [3.63, 3.8) is 0 Å². The van der Waals surface area contributed by atoms with Gasteiger partial charge in [0.25, 0.3) is 0 Å². The van der Waals surface area contributed by atoms with E-state index in [1.54, 1.807) is 4.90 Å². The van der Waals surface area contributed by atoms with E-state index in [0.717, 1.165) is 30.1 Å². The van der Waals surface area contributed by atoms with Crippen molar-refractivity contribution in [1.29, 1.82) is 0 Å². The van der Waals surface area contributed by atoms with E-state index < -0.39 is 0 Å². The Bertz CT molecular complexity index is 363. The number of ether oxygens (including phenoxy) is 1. The van der Waals surface area contributed by atoms with Crippen LogP contribution >= 0.6 is 11.6 Å².